The maximum absolute atomic E-state index is 12.9. The lowest BCUT2D eigenvalue weighted by Crippen LogP contribution is -2.40. The minimum atomic E-state index is -5.00. The zero-order valence-electron chi connectivity index (χ0n) is 18.5. The van der Waals surface area contributed by atoms with Crippen LogP contribution in [0.5, 0.6) is 11.5 Å². The second-order valence-electron chi connectivity index (χ2n) is 7.43. The van der Waals surface area contributed by atoms with E-state index in [0.717, 1.165) is 23.3 Å². The molecule has 0 radical (unpaired) electrons. The number of sulfonamides is 1. The Hall–Kier alpha value is -2.77. The second kappa shape index (κ2) is 10.2. The number of hydrogen-bond donors (Lipinski definition) is 1. The molecule has 0 bridgehead atoms. The maximum Gasteiger partial charge on any atom is 0.341 e. The van der Waals surface area contributed by atoms with Gasteiger partial charge in [-0.3, -0.25) is 4.79 Å². The van der Waals surface area contributed by atoms with Crippen LogP contribution in [0.25, 0.3) is 0 Å². The van der Waals surface area contributed by atoms with Crippen LogP contribution in [0.1, 0.15) is 21.5 Å². The number of nitrogens with zero attached hydrogens (tertiary/aromatic N) is 1. The Morgan fingerprint density at radius 1 is 1.06 bits per heavy atom. The molecule has 9 nitrogen and oxygen atoms in total. The van der Waals surface area contributed by atoms with Crippen molar-refractivity contribution < 1.29 is 39.9 Å². The fraction of sp³-hybridized carbons (Fsp3) is 0.381. The standard InChI is InChI=1S/C21H24F2N2O7S2/c1-31-17-11-14-7-9-25(13-15(14)12-18(17)32-2)33(27,28)10-8-24-20(26)16-5-3-4-6-19(16)34(29,30)21(22)23/h3-6,11-12,21H,7-10,13H2,1-2H3,(H,24,26). The highest BCUT2D eigenvalue weighted by Gasteiger charge is 2.31. The smallest absolute Gasteiger partial charge is 0.341 e. The molecule has 1 aliphatic rings. The van der Waals surface area contributed by atoms with Crippen LogP contribution in [0.15, 0.2) is 41.3 Å². The van der Waals surface area contributed by atoms with Crippen molar-refractivity contribution in [2.45, 2.75) is 23.6 Å². The number of halogens is 2. The molecule has 0 aromatic heterocycles. The number of hydrogen-bond acceptors (Lipinski definition) is 7. The minimum Gasteiger partial charge on any atom is -0.493 e. The summed E-state index contributed by atoms with van der Waals surface area (Å²) in [4.78, 5) is 11.6. The number of amides is 1. The van der Waals surface area contributed by atoms with Gasteiger partial charge in [-0.15, -0.1) is 0 Å². The molecule has 0 unspecified atom stereocenters. The zero-order chi connectivity index (χ0) is 25.1. The Labute approximate surface area is 196 Å². The van der Waals surface area contributed by atoms with Crippen molar-refractivity contribution in [3.63, 3.8) is 0 Å². The highest BCUT2D eigenvalue weighted by Crippen LogP contribution is 2.33. The second-order valence-corrected chi connectivity index (χ2v) is 11.4. The third-order valence-corrected chi connectivity index (χ3v) is 8.65. The van der Waals surface area contributed by atoms with Crippen molar-refractivity contribution in [3.8, 4) is 11.5 Å². The van der Waals surface area contributed by atoms with Gasteiger partial charge in [-0.25, -0.2) is 16.8 Å². The van der Waals surface area contributed by atoms with Crippen molar-refractivity contribution in [2.75, 3.05) is 33.1 Å². The van der Waals surface area contributed by atoms with Crippen LogP contribution >= 0.6 is 0 Å². The molecule has 1 heterocycles. The predicted molar refractivity (Wildman–Crippen MR) is 119 cm³/mol. The SMILES string of the molecule is COc1cc2c(cc1OC)CN(S(=O)(=O)CCNC(=O)c1ccccc1S(=O)(=O)C(F)F)CC2. The van der Waals surface area contributed by atoms with E-state index in [1.54, 1.807) is 6.07 Å². The van der Waals surface area contributed by atoms with Crippen molar-refractivity contribution in [1.82, 2.24) is 9.62 Å². The Balaban J connectivity index is 1.68. The van der Waals surface area contributed by atoms with Crippen LogP contribution in [-0.4, -0.2) is 65.9 Å². The summed E-state index contributed by atoms with van der Waals surface area (Å²) in [5.41, 5.74) is 1.23. The quantitative estimate of drug-likeness (QED) is 0.538. The Bertz CT molecular complexity index is 1280. The number of benzene rings is 2. The van der Waals surface area contributed by atoms with Crippen LogP contribution < -0.4 is 14.8 Å². The topological polar surface area (TPSA) is 119 Å². The molecule has 0 saturated carbocycles. The van der Waals surface area contributed by atoms with Crippen molar-refractivity contribution >= 4 is 25.8 Å². The summed E-state index contributed by atoms with van der Waals surface area (Å²) in [5, 5.41) is 2.31. The van der Waals surface area contributed by atoms with Gasteiger partial charge in [-0.2, -0.15) is 13.1 Å². The van der Waals surface area contributed by atoms with Crippen molar-refractivity contribution in [1.29, 1.82) is 0 Å². The van der Waals surface area contributed by atoms with Gasteiger partial charge < -0.3 is 14.8 Å². The number of carbonyl (C=O) groups excluding carboxylic acids is 1. The number of nitrogens with one attached hydrogen (secondary N) is 1. The number of alkyl halides is 2. The molecule has 1 amide bonds. The van der Waals surface area contributed by atoms with Crippen LogP contribution in [-0.2, 0) is 32.8 Å². The number of fused-ring (bicyclic) bond motifs is 1. The highest BCUT2D eigenvalue weighted by atomic mass is 32.2. The molecule has 13 heteroatoms. The van der Waals surface area contributed by atoms with Crippen molar-refractivity contribution in [3.05, 3.63) is 53.1 Å². The molecule has 186 valence electrons. The summed E-state index contributed by atoms with van der Waals surface area (Å²) in [7, 11) is -5.79. The predicted octanol–water partition coefficient (Wildman–Crippen LogP) is 1.82. The third-order valence-electron chi connectivity index (χ3n) is 5.39. The van der Waals surface area contributed by atoms with E-state index in [9.17, 15) is 30.4 Å². The summed E-state index contributed by atoms with van der Waals surface area (Å²) in [5.74, 6) is -4.08. The molecular weight excluding hydrogens is 494 g/mol. The highest BCUT2D eigenvalue weighted by molar-refractivity contribution is 7.91. The van der Waals surface area contributed by atoms with Gasteiger partial charge in [0.05, 0.1) is 30.4 Å². The van der Waals surface area contributed by atoms with Crippen LogP contribution in [0.2, 0.25) is 0 Å². The summed E-state index contributed by atoms with van der Waals surface area (Å²) >= 11 is 0. The molecule has 0 spiro atoms. The molecule has 0 aliphatic carbocycles. The van der Waals surface area contributed by atoms with E-state index < -0.39 is 47.7 Å². The van der Waals surface area contributed by atoms with Gasteiger partial charge in [0.15, 0.2) is 11.5 Å². The molecule has 0 atom stereocenters. The Kier molecular flexibility index (Phi) is 7.78. The van der Waals surface area contributed by atoms with E-state index in [2.05, 4.69) is 5.32 Å². The van der Waals surface area contributed by atoms with E-state index in [-0.39, 0.29) is 19.6 Å². The molecule has 1 N–H and O–H groups in total. The first kappa shape index (κ1) is 25.8. The van der Waals surface area contributed by atoms with E-state index in [4.69, 9.17) is 9.47 Å². The summed E-state index contributed by atoms with van der Waals surface area (Å²) in [6, 6.07) is 8.06. The molecule has 2 aromatic carbocycles. The number of methoxy groups -OCH3 is 2. The average molecular weight is 519 g/mol. The Morgan fingerprint density at radius 2 is 1.68 bits per heavy atom. The minimum absolute atomic E-state index is 0.113. The average Bonchev–Trinajstić information content (AvgIpc) is 2.82. The largest absolute Gasteiger partial charge is 0.493 e. The van der Waals surface area contributed by atoms with E-state index in [1.165, 1.54) is 30.7 Å². The lowest BCUT2D eigenvalue weighted by molar-refractivity contribution is 0.0952. The molecule has 2 aromatic rings. The van der Waals surface area contributed by atoms with Gasteiger partial charge in [-0.05, 0) is 41.8 Å². The Morgan fingerprint density at radius 3 is 2.29 bits per heavy atom. The van der Waals surface area contributed by atoms with Gasteiger partial charge in [0, 0.05) is 19.6 Å². The molecule has 34 heavy (non-hydrogen) atoms. The monoisotopic (exact) mass is 518 g/mol. The summed E-state index contributed by atoms with van der Waals surface area (Å²) < 4.78 is 87.0. The third kappa shape index (κ3) is 5.31. The van der Waals surface area contributed by atoms with Gasteiger partial charge >= 0.3 is 5.76 Å². The summed E-state index contributed by atoms with van der Waals surface area (Å²) in [6.45, 7) is 0.00911. The van der Waals surface area contributed by atoms with Crippen LogP contribution in [0.4, 0.5) is 8.78 Å². The molecule has 0 saturated heterocycles. The van der Waals surface area contributed by atoms with Gasteiger partial charge in [-0.1, -0.05) is 12.1 Å². The number of sulfone groups is 1. The number of rotatable bonds is 9. The lowest BCUT2D eigenvalue weighted by atomic mass is 10.0. The zero-order valence-corrected chi connectivity index (χ0v) is 20.1. The molecule has 0 fully saturated rings. The molecule has 1 aliphatic heterocycles. The van der Waals surface area contributed by atoms with Crippen LogP contribution in [0.3, 0.4) is 0 Å². The van der Waals surface area contributed by atoms with Crippen molar-refractivity contribution in [2.24, 2.45) is 0 Å². The van der Waals surface area contributed by atoms with Crippen LogP contribution in [0, 0.1) is 0 Å². The van der Waals surface area contributed by atoms with E-state index in [0.29, 0.717) is 17.9 Å². The van der Waals surface area contributed by atoms with Gasteiger partial charge in [0.2, 0.25) is 19.9 Å². The lowest BCUT2D eigenvalue weighted by Gasteiger charge is -2.29. The van der Waals surface area contributed by atoms with Gasteiger partial charge in [0.1, 0.15) is 0 Å². The van der Waals surface area contributed by atoms with E-state index in [1.807, 2.05) is 6.07 Å². The molecular formula is C21H24F2N2O7S2. The summed E-state index contributed by atoms with van der Waals surface area (Å²) in [6.07, 6.45) is 0.458. The fourth-order valence-corrected chi connectivity index (χ4v) is 5.86. The first-order valence-corrected chi connectivity index (χ1v) is 13.3. The first-order chi connectivity index (χ1) is 16.0. The maximum atomic E-state index is 12.9. The normalized spacial score (nSPS) is 14.5. The molecule has 3 rings (SSSR count). The van der Waals surface area contributed by atoms with E-state index >= 15 is 0 Å². The van der Waals surface area contributed by atoms with Gasteiger partial charge in [0.25, 0.3) is 5.91 Å². The first-order valence-electron chi connectivity index (χ1n) is 10.1. The fourth-order valence-electron chi connectivity index (χ4n) is 3.61. The number of carbonyl (C=O) groups is 1. The number of ether oxygens (including phenoxy) is 2.